The highest BCUT2D eigenvalue weighted by atomic mass is 16.5. The first-order valence-electron chi connectivity index (χ1n) is 5.01. The molecule has 1 N–H and O–H groups in total. The summed E-state index contributed by atoms with van der Waals surface area (Å²) in [6, 6.07) is 0. The van der Waals surface area contributed by atoms with Gasteiger partial charge in [0.1, 0.15) is 6.10 Å². The normalized spacial score (nSPS) is 55.4. The Morgan fingerprint density at radius 1 is 1.38 bits per heavy atom. The van der Waals surface area contributed by atoms with Gasteiger partial charge in [-0.2, -0.15) is 0 Å². The Balaban J connectivity index is 2.18. The zero-order valence-electron chi connectivity index (χ0n) is 8.43. The van der Waals surface area contributed by atoms with E-state index in [2.05, 4.69) is 13.8 Å². The number of aliphatic hydroxyl groups excluding tert-OH is 1. The third kappa shape index (κ3) is 1.30. The van der Waals surface area contributed by atoms with Crippen LogP contribution in [0.5, 0.6) is 0 Å². The molecule has 2 bridgehead atoms. The second-order valence-corrected chi connectivity index (χ2v) is 4.40. The van der Waals surface area contributed by atoms with Crippen molar-refractivity contribution in [3.8, 4) is 0 Å². The molecule has 2 fully saturated rings. The lowest BCUT2D eigenvalue weighted by atomic mass is 9.89. The van der Waals surface area contributed by atoms with E-state index in [9.17, 15) is 5.11 Å². The van der Waals surface area contributed by atoms with Crippen LogP contribution in [-0.4, -0.2) is 36.6 Å². The molecule has 0 aromatic carbocycles. The van der Waals surface area contributed by atoms with Gasteiger partial charge in [-0.25, -0.2) is 0 Å². The molecule has 0 aromatic rings. The summed E-state index contributed by atoms with van der Waals surface area (Å²) in [6.07, 6.45) is 0.755. The van der Waals surface area contributed by atoms with Crippen LogP contribution >= 0.6 is 0 Å². The monoisotopic (exact) mass is 186 g/mol. The third-order valence-electron chi connectivity index (χ3n) is 3.52. The molecule has 2 aliphatic heterocycles. The summed E-state index contributed by atoms with van der Waals surface area (Å²) in [4.78, 5) is 0. The number of aliphatic hydroxyl groups is 1. The van der Waals surface area contributed by atoms with Crippen LogP contribution < -0.4 is 0 Å². The van der Waals surface area contributed by atoms with E-state index in [0.717, 1.165) is 6.42 Å². The van der Waals surface area contributed by atoms with Gasteiger partial charge in [0.05, 0.1) is 18.3 Å². The molecule has 13 heavy (non-hydrogen) atoms. The molecule has 76 valence electrons. The van der Waals surface area contributed by atoms with Crippen molar-refractivity contribution in [1.29, 1.82) is 0 Å². The van der Waals surface area contributed by atoms with E-state index in [0.29, 0.717) is 11.8 Å². The molecule has 3 heteroatoms. The second kappa shape index (κ2) is 3.23. The molecule has 2 saturated heterocycles. The number of ether oxygens (including phenoxy) is 2. The average Bonchev–Trinajstić information content (AvgIpc) is 2.44. The van der Waals surface area contributed by atoms with Gasteiger partial charge >= 0.3 is 0 Å². The van der Waals surface area contributed by atoms with Crippen LogP contribution in [0.3, 0.4) is 0 Å². The van der Waals surface area contributed by atoms with Crippen molar-refractivity contribution in [2.24, 2.45) is 11.8 Å². The van der Waals surface area contributed by atoms with Crippen molar-refractivity contribution >= 4 is 0 Å². The highest BCUT2D eigenvalue weighted by Crippen LogP contribution is 2.41. The van der Waals surface area contributed by atoms with Crippen molar-refractivity contribution in [2.45, 2.75) is 44.7 Å². The molecule has 0 aromatic heterocycles. The molecule has 2 heterocycles. The number of fused-ring (bicyclic) bond motifs is 2. The Morgan fingerprint density at radius 2 is 2.08 bits per heavy atom. The minimum Gasteiger partial charge on any atom is -0.388 e. The first-order valence-corrected chi connectivity index (χ1v) is 5.01. The van der Waals surface area contributed by atoms with E-state index in [-0.39, 0.29) is 18.3 Å². The lowest BCUT2D eigenvalue weighted by molar-refractivity contribution is -0.178. The van der Waals surface area contributed by atoms with Gasteiger partial charge in [0, 0.05) is 13.0 Å². The Labute approximate surface area is 79.0 Å². The van der Waals surface area contributed by atoms with Gasteiger partial charge in [0.2, 0.25) is 0 Å². The van der Waals surface area contributed by atoms with E-state index in [1.54, 1.807) is 7.11 Å². The Morgan fingerprint density at radius 3 is 2.69 bits per heavy atom. The highest BCUT2D eigenvalue weighted by Gasteiger charge is 2.50. The molecule has 0 radical (unpaired) electrons. The van der Waals surface area contributed by atoms with Crippen LogP contribution in [0.4, 0.5) is 0 Å². The van der Waals surface area contributed by atoms with Crippen molar-refractivity contribution < 1.29 is 14.6 Å². The fourth-order valence-electron chi connectivity index (χ4n) is 2.82. The maximum absolute atomic E-state index is 9.89. The number of rotatable bonds is 1. The van der Waals surface area contributed by atoms with Gasteiger partial charge < -0.3 is 14.6 Å². The van der Waals surface area contributed by atoms with Gasteiger partial charge in [-0.3, -0.25) is 0 Å². The largest absolute Gasteiger partial charge is 0.388 e. The van der Waals surface area contributed by atoms with Gasteiger partial charge in [-0.05, 0) is 12.3 Å². The van der Waals surface area contributed by atoms with Crippen LogP contribution in [0.1, 0.15) is 20.3 Å². The van der Waals surface area contributed by atoms with Crippen LogP contribution in [0.15, 0.2) is 0 Å². The van der Waals surface area contributed by atoms with Crippen molar-refractivity contribution in [2.75, 3.05) is 7.11 Å². The van der Waals surface area contributed by atoms with Gasteiger partial charge in [-0.1, -0.05) is 13.8 Å². The fraction of sp³-hybridized carbons (Fsp3) is 1.00. The predicted octanol–water partition coefficient (Wildman–Crippen LogP) is 0.806. The molecule has 0 spiro atoms. The molecule has 0 saturated carbocycles. The molecule has 3 nitrogen and oxygen atoms in total. The molecular formula is C10H18O3. The van der Waals surface area contributed by atoms with Crippen molar-refractivity contribution in [3.05, 3.63) is 0 Å². The van der Waals surface area contributed by atoms with E-state index in [1.807, 2.05) is 0 Å². The van der Waals surface area contributed by atoms with E-state index in [1.165, 1.54) is 0 Å². The third-order valence-corrected chi connectivity index (χ3v) is 3.52. The zero-order valence-corrected chi connectivity index (χ0v) is 8.43. The standard InChI is InChI=1S/C10H18O3/c1-5-4-7-8(11)10(12-3)6(2)9(5)13-7/h5-11H,4H2,1-3H3/t5?,6?,7-,8+,9?,10-/m1/s1. The summed E-state index contributed by atoms with van der Waals surface area (Å²) in [6.45, 7) is 4.28. The Hall–Kier alpha value is -0.120. The number of hydrogen-bond donors (Lipinski definition) is 1. The topological polar surface area (TPSA) is 38.7 Å². The number of methoxy groups -OCH3 is 1. The SMILES string of the molecule is CO[C@@H]1C(C)C2O[C@H](CC2C)[C@@H]1O. The van der Waals surface area contributed by atoms with Crippen LogP contribution in [0.25, 0.3) is 0 Å². The summed E-state index contributed by atoms with van der Waals surface area (Å²) in [5.74, 6) is 0.851. The fourth-order valence-corrected chi connectivity index (χ4v) is 2.82. The van der Waals surface area contributed by atoms with Crippen LogP contribution in [0, 0.1) is 11.8 Å². The predicted molar refractivity (Wildman–Crippen MR) is 48.4 cm³/mol. The second-order valence-electron chi connectivity index (χ2n) is 4.40. The zero-order chi connectivity index (χ0) is 9.59. The van der Waals surface area contributed by atoms with Gasteiger partial charge in [-0.15, -0.1) is 0 Å². The molecule has 3 unspecified atom stereocenters. The maximum atomic E-state index is 9.89. The molecular weight excluding hydrogens is 168 g/mol. The van der Waals surface area contributed by atoms with Crippen LogP contribution in [0.2, 0.25) is 0 Å². The molecule has 0 aliphatic carbocycles. The first kappa shape index (κ1) is 9.44. The van der Waals surface area contributed by atoms with Crippen molar-refractivity contribution in [1.82, 2.24) is 0 Å². The minimum atomic E-state index is -0.443. The summed E-state index contributed by atoms with van der Waals surface area (Å²) in [5.41, 5.74) is 0. The van der Waals surface area contributed by atoms with Gasteiger partial charge in [0.25, 0.3) is 0 Å². The van der Waals surface area contributed by atoms with Gasteiger partial charge in [0.15, 0.2) is 0 Å². The average molecular weight is 186 g/mol. The quantitative estimate of drug-likeness (QED) is 0.658. The molecule has 2 aliphatic rings. The highest BCUT2D eigenvalue weighted by molar-refractivity contribution is 4.98. The first-order chi connectivity index (χ1) is 6.15. The number of hydrogen-bond acceptors (Lipinski definition) is 3. The smallest absolute Gasteiger partial charge is 0.107 e. The summed E-state index contributed by atoms with van der Waals surface area (Å²) < 4.78 is 11.1. The lowest BCUT2D eigenvalue weighted by Gasteiger charge is -2.38. The van der Waals surface area contributed by atoms with Crippen molar-refractivity contribution in [3.63, 3.8) is 0 Å². The lowest BCUT2D eigenvalue weighted by Crippen LogP contribution is -2.50. The Kier molecular flexibility index (Phi) is 2.34. The van der Waals surface area contributed by atoms with Crippen LogP contribution in [-0.2, 0) is 9.47 Å². The van der Waals surface area contributed by atoms with E-state index in [4.69, 9.17) is 9.47 Å². The Bertz CT molecular complexity index is 195. The maximum Gasteiger partial charge on any atom is 0.107 e. The molecule has 6 atom stereocenters. The molecule has 0 amide bonds. The minimum absolute atomic E-state index is 0.00106. The van der Waals surface area contributed by atoms with E-state index >= 15 is 0 Å². The summed E-state index contributed by atoms with van der Waals surface area (Å²) in [5, 5.41) is 9.89. The molecule has 2 rings (SSSR count). The van der Waals surface area contributed by atoms with E-state index < -0.39 is 6.10 Å². The summed E-state index contributed by atoms with van der Waals surface area (Å²) in [7, 11) is 1.67. The summed E-state index contributed by atoms with van der Waals surface area (Å²) >= 11 is 0.